The van der Waals surface area contributed by atoms with E-state index < -0.39 is 5.54 Å². The Labute approximate surface area is 109 Å². The second kappa shape index (κ2) is 5.76. The summed E-state index contributed by atoms with van der Waals surface area (Å²) >= 11 is 0. The van der Waals surface area contributed by atoms with Crippen molar-refractivity contribution in [3.05, 3.63) is 24.3 Å². The number of primary amides is 1. The van der Waals surface area contributed by atoms with Crippen LogP contribution in [-0.4, -0.2) is 18.6 Å². The third-order valence-electron chi connectivity index (χ3n) is 3.42. The lowest BCUT2D eigenvalue weighted by Crippen LogP contribution is -2.54. The highest BCUT2D eigenvalue weighted by atomic mass is 16.5. The number of hydrogen-bond donors (Lipinski definition) is 2. The molecule has 4 heteroatoms. The van der Waals surface area contributed by atoms with Crippen LogP contribution < -0.4 is 15.8 Å². The monoisotopic (exact) mass is 250 g/mol. The van der Waals surface area contributed by atoms with Crippen LogP contribution in [0.4, 0.5) is 5.69 Å². The van der Waals surface area contributed by atoms with Crippen LogP contribution in [0.15, 0.2) is 24.3 Å². The maximum absolute atomic E-state index is 11.8. The second-order valence-corrected chi connectivity index (χ2v) is 4.70. The van der Waals surface area contributed by atoms with Gasteiger partial charge in [-0.25, -0.2) is 0 Å². The Bertz CT molecular complexity index is 418. The van der Waals surface area contributed by atoms with Gasteiger partial charge >= 0.3 is 0 Å². The summed E-state index contributed by atoms with van der Waals surface area (Å²) in [5.74, 6) is 0.521. The Morgan fingerprint density at radius 2 is 2.17 bits per heavy atom. The lowest BCUT2D eigenvalue weighted by atomic mass is 9.83. The summed E-state index contributed by atoms with van der Waals surface area (Å²) < 4.78 is 5.17. The van der Waals surface area contributed by atoms with Crippen LogP contribution in [0.2, 0.25) is 0 Å². The molecule has 0 radical (unpaired) electrons. The van der Waals surface area contributed by atoms with Crippen molar-refractivity contribution in [3.8, 4) is 5.75 Å². The first-order valence-electron chi connectivity index (χ1n) is 6.18. The number of nitrogens with two attached hydrogens (primary N) is 1. The van der Waals surface area contributed by atoms with Gasteiger partial charge in [-0.05, 0) is 24.5 Å². The molecule has 0 fully saturated rings. The average molecular weight is 250 g/mol. The van der Waals surface area contributed by atoms with Gasteiger partial charge in [0, 0.05) is 11.8 Å². The van der Waals surface area contributed by atoms with Crippen molar-refractivity contribution in [1.29, 1.82) is 0 Å². The maximum Gasteiger partial charge on any atom is 0.243 e. The van der Waals surface area contributed by atoms with Gasteiger partial charge in [0.1, 0.15) is 11.3 Å². The van der Waals surface area contributed by atoms with Crippen molar-refractivity contribution >= 4 is 11.6 Å². The van der Waals surface area contributed by atoms with Crippen LogP contribution in [0.5, 0.6) is 5.75 Å². The molecule has 0 saturated heterocycles. The van der Waals surface area contributed by atoms with Gasteiger partial charge in [0.2, 0.25) is 5.91 Å². The van der Waals surface area contributed by atoms with E-state index in [-0.39, 0.29) is 11.8 Å². The lowest BCUT2D eigenvalue weighted by molar-refractivity contribution is -0.123. The number of benzene rings is 1. The molecule has 0 aliphatic heterocycles. The number of ether oxygens (including phenoxy) is 1. The molecule has 1 rings (SSSR count). The van der Waals surface area contributed by atoms with E-state index in [1.807, 2.05) is 45.0 Å². The van der Waals surface area contributed by atoms with Crippen LogP contribution in [0.1, 0.15) is 27.2 Å². The van der Waals surface area contributed by atoms with E-state index in [0.717, 1.165) is 11.4 Å². The fraction of sp³-hybridized carbons (Fsp3) is 0.500. The Morgan fingerprint density at radius 1 is 1.50 bits per heavy atom. The molecular weight excluding hydrogens is 228 g/mol. The largest absolute Gasteiger partial charge is 0.497 e. The van der Waals surface area contributed by atoms with Gasteiger partial charge in [-0.1, -0.05) is 26.8 Å². The summed E-state index contributed by atoms with van der Waals surface area (Å²) in [6.07, 6.45) is 0.636. The third-order valence-corrected chi connectivity index (χ3v) is 3.42. The van der Waals surface area contributed by atoms with E-state index in [0.29, 0.717) is 6.42 Å². The molecule has 0 bridgehead atoms. The highest BCUT2D eigenvalue weighted by molar-refractivity contribution is 5.88. The zero-order valence-electron chi connectivity index (χ0n) is 11.5. The number of methoxy groups -OCH3 is 1. The van der Waals surface area contributed by atoms with Crippen molar-refractivity contribution in [3.63, 3.8) is 0 Å². The van der Waals surface area contributed by atoms with Crippen molar-refractivity contribution in [2.75, 3.05) is 12.4 Å². The van der Waals surface area contributed by atoms with Gasteiger partial charge in [0.05, 0.1) is 7.11 Å². The third kappa shape index (κ3) is 2.75. The van der Waals surface area contributed by atoms with Crippen LogP contribution in [-0.2, 0) is 4.79 Å². The van der Waals surface area contributed by atoms with Gasteiger partial charge in [-0.2, -0.15) is 0 Å². The molecule has 100 valence electrons. The lowest BCUT2D eigenvalue weighted by Gasteiger charge is -2.35. The highest BCUT2D eigenvalue weighted by Gasteiger charge is 2.38. The Kier molecular flexibility index (Phi) is 4.59. The minimum atomic E-state index is -0.730. The summed E-state index contributed by atoms with van der Waals surface area (Å²) in [5, 5.41) is 3.26. The smallest absolute Gasteiger partial charge is 0.243 e. The predicted octanol–water partition coefficient (Wildman–Crippen LogP) is 2.40. The number of anilines is 1. The molecule has 0 aromatic heterocycles. The zero-order chi connectivity index (χ0) is 13.8. The molecule has 0 aliphatic carbocycles. The van der Waals surface area contributed by atoms with E-state index in [9.17, 15) is 4.79 Å². The molecule has 18 heavy (non-hydrogen) atoms. The molecule has 1 aromatic carbocycles. The van der Waals surface area contributed by atoms with Crippen LogP contribution in [0.3, 0.4) is 0 Å². The van der Waals surface area contributed by atoms with E-state index in [4.69, 9.17) is 10.5 Å². The molecular formula is C14H22N2O2. The fourth-order valence-electron chi connectivity index (χ4n) is 2.12. The van der Waals surface area contributed by atoms with E-state index in [1.54, 1.807) is 7.11 Å². The van der Waals surface area contributed by atoms with Gasteiger partial charge in [0.15, 0.2) is 0 Å². The number of rotatable bonds is 6. The van der Waals surface area contributed by atoms with Gasteiger partial charge < -0.3 is 15.8 Å². The first-order chi connectivity index (χ1) is 8.46. The Morgan fingerprint density at radius 3 is 2.61 bits per heavy atom. The maximum atomic E-state index is 11.8. The van der Waals surface area contributed by atoms with E-state index in [2.05, 4.69) is 5.32 Å². The number of nitrogens with one attached hydrogen (secondary N) is 1. The normalized spacial score (nSPS) is 14.1. The summed E-state index contributed by atoms with van der Waals surface area (Å²) in [6, 6.07) is 7.50. The number of amides is 1. The second-order valence-electron chi connectivity index (χ2n) is 4.70. The molecule has 0 saturated carbocycles. The van der Waals surface area contributed by atoms with E-state index >= 15 is 0 Å². The Balaban J connectivity index is 3.06. The van der Waals surface area contributed by atoms with Crippen molar-refractivity contribution in [2.45, 2.75) is 32.7 Å². The SMILES string of the molecule is CCC(Nc1cccc(OC)c1)(C(N)=O)C(C)C. The first-order valence-corrected chi connectivity index (χ1v) is 6.18. The molecule has 1 aromatic rings. The molecule has 0 aliphatic rings. The molecule has 0 spiro atoms. The average Bonchev–Trinajstić information content (AvgIpc) is 2.35. The summed E-state index contributed by atoms with van der Waals surface area (Å²) in [4.78, 5) is 11.8. The fourth-order valence-corrected chi connectivity index (χ4v) is 2.12. The summed E-state index contributed by atoms with van der Waals surface area (Å²) in [7, 11) is 1.61. The Hall–Kier alpha value is -1.71. The number of carbonyl (C=O) groups excluding carboxylic acids is 1. The first kappa shape index (κ1) is 14.4. The molecule has 4 nitrogen and oxygen atoms in total. The standard InChI is InChI=1S/C14H22N2O2/c1-5-14(10(2)3,13(15)17)16-11-7-6-8-12(9-11)18-4/h6-10,16H,5H2,1-4H3,(H2,15,17). The minimum absolute atomic E-state index is 0.103. The van der Waals surface area contributed by atoms with Crippen LogP contribution in [0, 0.1) is 5.92 Å². The quantitative estimate of drug-likeness (QED) is 0.814. The number of hydrogen-bond acceptors (Lipinski definition) is 3. The van der Waals surface area contributed by atoms with Gasteiger partial charge in [-0.15, -0.1) is 0 Å². The van der Waals surface area contributed by atoms with Gasteiger partial charge in [-0.3, -0.25) is 4.79 Å². The molecule has 1 unspecified atom stereocenters. The summed E-state index contributed by atoms with van der Waals surface area (Å²) in [5.41, 5.74) is 5.68. The minimum Gasteiger partial charge on any atom is -0.497 e. The topological polar surface area (TPSA) is 64.3 Å². The molecule has 1 amide bonds. The van der Waals surface area contributed by atoms with E-state index in [1.165, 1.54) is 0 Å². The van der Waals surface area contributed by atoms with Crippen LogP contribution in [0.25, 0.3) is 0 Å². The zero-order valence-corrected chi connectivity index (χ0v) is 11.5. The van der Waals surface area contributed by atoms with Crippen molar-refractivity contribution in [1.82, 2.24) is 0 Å². The summed E-state index contributed by atoms with van der Waals surface area (Å²) in [6.45, 7) is 5.93. The highest BCUT2D eigenvalue weighted by Crippen LogP contribution is 2.28. The molecule has 3 N–H and O–H groups in total. The molecule has 0 heterocycles. The predicted molar refractivity (Wildman–Crippen MR) is 73.7 cm³/mol. The molecule has 1 atom stereocenters. The van der Waals surface area contributed by atoms with Gasteiger partial charge in [0.25, 0.3) is 0 Å². The van der Waals surface area contributed by atoms with Crippen molar-refractivity contribution < 1.29 is 9.53 Å². The number of carbonyl (C=O) groups is 1. The van der Waals surface area contributed by atoms with Crippen molar-refractivity contribution in [2.24, 2.45) is 11.7 Å². The van der Waals surface area contributed by atoms with Crippen LogP contribution >= 0.6 is 0 Å².